The molecule has 0 spiro atoms. The van der Waals surface area contributed by atoms with E-state index in [0.717, 1.165) is 23.1 Å². The Morgan fingerprint density at radius 3 is 1.74 bits per heavy atom. The fourth-order valence-electron chi connectivity index (χ4n) is 4.50. The van der Waals surface area contributed by atoms with Gasteiger partial charge in [-0.2, -0.15) is 0 Å². The average molecular weight is 507 g/mol. The Labute approximate surface area is 217 Å². The van der Waals surface area contributed by atoms with Gasteiger partial charge in [-0.15, -0.1) is 0 Å². The van der Waals surface area contributed by atoms with Gasteiger partial charge < -0.3 is 5.32 Å². The van der Waals surface area contributed by atoms with E-state index in [1.165, 1.54) is 120 Å². The van der Waals surface area contributed by atoms with E-state index in [0.29, 0.717) is 16.6 Å². The van der Waals surface area contributed by atoms with E-state index in [9.17, 15) is 4.79 Å². The van der Waals surface area contributed by atoms with Gasteiger partial charge in [-0.3, -0.25) is 4.79 Å². The molecule has 0 unspecified atom stereocenters. The van der Waals surface area contributed by atoms with Gasteiger partial charge in [-0.25, -0.2) is 4.98 Å². The molecule has 5 heteroatoms. The van der Waals surface area contributed by atoms with E-state index in [2.05, 4.69) is 17.2 Å². The molecule has 1 aromatic heterocycles. The van der Waals surface area contributed by atoms with Gasteiger partial charge in [0.05, 0.1) is 10.2 Å². The number of thiazole rings is 1. The Bertz CT molecular complexity index is 792. The Hall–Kier alpha value is -1.13. The molecule has 0 atom stereocenters. The van der Waals surface area contributed by atoms with Gasteiger partial charge in [-0.1, -0.05) is 145 Å². The first-order chi connectivity index (χ1) is 16.7. The number of rotatable bonds is 21. The van der Waals surface area contributed by atoms with Crippen LogP contribution in [0.5, 0.6) is 0 Å². The average Bonchev–Trinajstić information content (AvgIpc) is 3.21. The van der Waals surface area contributed by atoms with E-state index in [1.807, 2.05) is 18.2 Å². The van der Waals surface area contributed by atoms with Crippen LogP contribution in [0.4, 0.5) is 5.13 Å². The lowest BCUT2D eigenvalue weighted by Gasteiger charge is -2.04. The number of unbranched alkanes of at least 4 members (excludes halogenated alkanes) is 18. The van der Waals surface area contributed by atoms with Crippen molar-refractivity contribution in [2.24, 2.45) is 0 Å². The van der Waals surface area contributed by atoms with Crippen LogP contribution in [0.15, 0.2) is 18.2 Å². The number of halogens is 1. The van der Waals surface area contributed by atoms with Crippen LogP contribution in [0.25, 0.3) is 10.2 Å². The van der Waals surface area contributed by atoms with E-state index in [-0.39, 0.29) is 5.91 Å². The highest BCUT2D eigenvalue weighted by Crippen LogP contribution is 2.28. The summed E-state index contributed by atoms with van der Waals surface area (Å²) in [6, 6.07) is 5.61. The molecule has 0 aliphatic heterocycles. The van der Waals surface area contributed by atoms with Crippen molar-refractivity contribution >= 4 is 44.2 Å². The number of nitrogens with zero attached hydrogens (tertiary/aromatic N) is 1. The Balaban J connectivity index is 1.31. The molecule has 0 aliphatic rings. The molecule has 0 bridgehead atoms. The van der Waals surface area contributed by atoms with Crippen molar-refractivity contribution in [3.05, 3.63) is 23.2 Å². The lowest BCUT2D eigenvalue weighted by molar-refractivity contribution is -0.116. The molecule has 2 aromatic rings. The molecule has 1 amide bonds. The maximum Gasteiger partial charge on any atom is 0.226 e. The highest BCUT2D eigenvalue weighted by atomic mass is 35.5. The van der Waals surface area contributed by atoms with E-state index >= 15 is 0 Å². The minimum absolute atomic E-state index is 0.0668. The van der Waals surface area contributed by atoms with E-state index < -0.39 is 0 Å². The molecule has 0 fully saturated rings. The van der Waals surface area contributed by atoms with Crippen LogP contribution in [0.1, 0.15) is 135 Å². The lowest BCUT2D eigenvalue weighted by Crippen LogP contribution is -2.10. The SMILES string of the molecule is CCCCCCCCCCCCCCCCCCCCCC(=O)Nc1nc2ccc(Cl)cc2s1. The quantitative estimate of drug-likeness (QED) is 0.171. The van der Waals surface area contributed by atoms with E-state index in [4.69, 9.17) is 11.6 Å². The highest BCUT2D eigenvalue weighted by Gasteiger charge is 2.08. The third kappa shape index (κ3) is 13.7. The predicted octanol–water partition coefficient (Wildman–Crippen LogP) is 10.7. The predicted molar refractivity (Wildman–Crippen MR) is 151 cm³/mol. The number of carbonyl (C=O) groups excluding carboxylic acids is 1. The fourth-order valence-corrected chi connectivity index (χ4v) is 5.66. The summed E-state index contributed by atoms with van der Waals surface area (Å²) in [7, 11) is 0. The summed E-state index contributed by atoms with van der Waals surface area (Å²) < 4.78 is 1.01. The van der Waals surface area contributed by atoms with Crippen LogP contribution in [-0.2, 0) is 4.79 Å². The number of amides is 1. The molecule has 2 rings (SSSR count). The topological polar surface area (TPSA) is 42.0 Å². The summed E-state index contributed by atoms with van der Waals surface area (Å²) in [5, 5.41) is 4.30. The Morgan fingerprint density at radius 2 is 1.24 bits per heavy atom. The summed E-state index contributed by atoms with van der Waals surface area (Å²) in [5.41, 5.74) is 0.883. The summed E-state index contributed by atoms with van der Waals surface area (Å²) in [5.74, 6) is 0.0668. The smallest absolute Gasteiger partial charge is 0.226 e. The molecule has 0 saturated heterocycles. The van der Waals surface area contributed by atoms with Gasteiger partial charge in [0.1, 0.15) is 0 Å². The second kappa shape index (κ2) is 19.1. The molecular formula is C29H47ClN2OS. The largest absolute Gasteiger partial charge is 0.302 e. The zero-order chi connectivity index (χ0) is 24.3. The van der Waals surface area contributed by atoms with Crippen LogP contribution < -0.4 is 5.32 Å². The first-order valence-electron chi connectivity index (χ1n) is 14.0. The monoisotopic (exact) mass is 506 g/mol. The van der Waals surface area contributed by atoms with Crippen molar-refractivity contribution in [2.45, 2.75) is 135 Å². The maximum absolute atomic E-state index is 12.2. The van der Waals surface area contributed by atoms with Crippen molar-refractivity contribution in [1.29, 1.82) is 0 Å². The molecular weight excluding hydrogens is 460 g/mol. The number of hydrogen-bond acceptors (Lipinski definition) is 3. The van der Waals surface area contributed by atoms with Gasteiger partial charge >= 0.3 is 0 Å². The number of hydrogen-bond donors (Lipinski definition) is 1. The minimum Gasteiger partial charge on any atom is -0.302 e. The van der Waals surface area contributed by atoms with Crippen molar-refractivity contribution < 1.29 is 4.79 Å². The second-order valence-electron chi connectivity index (χ2n) is 9.79. The van der Waals surface area contributed by atoms with Crippen LogP contribution in [0, 0.1) is 0 Å². The standard InChI is InChI=1S/C29H47ClN2OS/c1-2-3-4-5-6-7-8-9-10-11-12-13-14-15-16-17-18-19-20-21-28(33)32-29-31-26-23-22-25(30)24-27(26)34-29/h22-24H,2-21H2,1H3,(H,31,32,33). The Morgan fingerprint density at radius 1 is 0.765 bits per heavy atom. The lowest BCUT2D eigenvalue weighted by atomic mass is 10.0. The van der Waals surface area contributed by atoms with Crippen molar-refractivity contribution in [3.63, 3.8) is 0 Å². The van der Waals surface area contributed by atoms with Crippen molar-refractivity contribution in [1.82, 2.24) is 4.98 Å². The molecule has 0 saturated carbocycles. The molecule has 1 heterocycles. The normalized spacial score (nSPS) is 11.4. The molecule has 0 aliphatic carbocycles. The van der Waals surface area contributed by atoms with Crippen LogP contribution in [0.2, 0.25) is 5.02 Å². The Kier molecular flexibility index (Phi) is 16.4. The fraction of sp³-hybridized carbons (Fsp3) is 0.724. The number of benzene rings is 1. The van der Waals surface area contributed by atoms with Crippen molar-refractivity contribution in [2.75, 3.05) is 5.32 Å². The third-order valence-corrected chi connectivity index (χ3v) is 7.77. The zero-order valence-electron chi connectivity index (χ0n) is 21.5. The summed E-state index contributed by atoms with van der Waals surface area (Å²) in [6.45, 7) is 2.29. The van der Waals surface area contributed by atoms with Crippen LogP contribution in [0.3, 0.4) is 0 Å². The molecule has 1 aromatic carbocycles. The molecule has 0 radical (unpaired) electrons. The van der Waals surface area contributed by atoms with Gasteiger partial charge in [0.15, 0.2) is 5.13 Å². The summed E-state index contributed by atoms with van der Waals surface area (Å²) in [4.78, 5) is 16.6. The van der Waals surface area contributed by atoms with Crippen LogP contribution in [-0.4, -0.2) is 10.9 Å². The van der Waals surface area contributed by atoms with Gasteiger partial charge in [0.25, 0.3) is 0 Å². The summed E-state index contributed by atoms with van der Waals surface area (Å²) in [6.07, 6.45) is 26.5. The third-order valence-electron chi connectivity index (χ3n) is 6.60. The minimum atomic E-state index is 0.0668. The second-order valence-corrected chi connectivity index (χ2v) is 11.3. The number of fused-ring (bicyclic) bond motifs is 1. The number of aromatic nitrogens is 1. The maximum atomic E-state index is 12.2. The number of anilines is 1. The zero-order valence-corrected chi connectivity index (χ0v) is 23.1. The highest BCUT2D eigenvalue weighted by molar-refractivity contribution is 7.22. The molecule has 192 valence electrons. The van der Waals surface area contributed by atoms with Gasteiger partial charge in [0, 0.05) is 11.4 Å². The van der Waals surface area contributed by atoms with E-state index in [1.54, 1.807) is 0 Å². The molecule has 34 heavy (non-hydrogen) atoms. The van der Waals surface area contributed by atoms with Gasteiger partial charge in [0.2, 0.25) is 5.91 Å². The first kappa shape index (κ1) is 29.1. The number of carbonyl (C=O) groups is 1. The van der Waals surface area contributed by atoms with Crippen molar-refractivity contribution in [3.8, 4) is 0 Å². The first-order valence-corrected chi connectivity index (χ1v) is 15.2. The number of nitrogens with one attached hydrogen (secondary N) is 1. The summed E-state index contributed by atoms with van der Waals surface area (Å²) >= 11 is 7.50. The van der Waals surface area contributed by atoms with Gasteiger partial charge in [-0.05, 0) is 24.6 Å². The van der Waals surface area contributed by atoms with Crippen LogP contribution >= 0.6 is 22.9 Å². The molecule has 1 N–H and O–H groups in total. The molecule has 3 nitrogen and oxygen atoms in total.